The van der Waals surface area contributed by atoms with E-state index in [1.54, 1.807) is 37.5 Å². The second-order valence-electron chi connectivity index (χ2n) is 3.22. The van der Waals surface area contributed by atoms with E-state index >= 15 is 0 Å². The first-order valence-corrected chi connectivity index (χ1v) is 4.83. The van der Waals surface area contributed by atoms with Gasteiger partial charge in [-0.25, -0.2) is 0 Å². The van der Waals surface area contributed by atoms with Crippen LogP contribution in [0.2, 0.25) is 0 Å². The fourth-order valence-corrected chi connectivity index (χ4v) is 1.36. The van der Waals surface area contributed by atoms with Crippen molar-refractivity contribution in [3.63, 3.8) is 0 Å². The average Bonchev–Trinajstić information content (AvgIpc) is 2.27. The number of hydrogen-bond acceptors (Lipinski definition) is 3. The zero-order chi connectivity index (χ0) is 12.0. The Kier molecular flexibility index (Phi) is 4.54. The van der Waals surface area contributed by atoms with E-state index < -0.39 is 5.97 Å². The van der Waals surface area contributed by atoms with Gasteiger partial charge in [0.25, 0.3) is 0 Å². The van der Waals surface area contributed by atoms with Crippen LogP contribution in [0.3, 0.4) is 0 Å². The molecule has 1 rings (SSSR count). The standard InChI is InChI=1S/C12H14O4/c1-16-11-5-4-10(8-12(14)15)9(7-11)3-2-6-13/h2-5,7,13H,6,8H2,1H3,(H,14,15). The molecule has 0 amide bonds. The second kappa shape index (κ2) is 5.92. The van der Waals surface area contributed by atoms with Crippen LogP contribution < -0.4 is 4.74 Å². The number of carboxylic acids is 1. The molecule has 0 heterocycles. The fourth-order valence-electron chi connectivity index (χ4n) is 1.36. The average molecular weight is 222 g/mol. The monoisotopic (exact) mass is 222 g/mol. The van der Waals surface area contributed by atoms with Crippen molar-refractivity contribution in [3.05, 3.63) is 35.4 Å². The van der Waals surface area contributed by atoms with Crippen LogP contribution in [-0.4, -0.2) is 29.9 Å². The number of aliphatic hydroxyl groups excluding tert-OH is 1. The molecule has 0 spiro atoms. The van der Waals surface area contributed by atoms with Gasteiger partial charge >= 0.3 is 5.97 Å². The molecule has 0 radical (unpaired) electrons. The van der Waals surface area contributed by atoms with Gasteiger partial charge in [-0.15, -0.1) is 0 Å². The highest BCUT2D eigenvalue weighted by atomic mass is 16.5. The number of rotatable bonds is 5. The quantitative estimate of drug-likeness (QED) is 0.788. The van der Waals surface area contributed by atoms with Crippen LogP contribution in [0.25, 0.3) is 6.08 Å². The summed E-state index contributed by atoms with van der Waals surface area (Å²) in [5.41, 5.74) is 1.44. The minimum Gasteiger partial charge on any atom is -0.497 e. The molecule has 4 nitrogen and oxygen atoms in total. The van der Waals surface area contributed by atoms with Crippen LogP contribution in [0.5, 0.6) is 5.75 Å². The number of benzene rings is 1. The molecular formula is C12H14O4. The highest BCUT2D eigenvalue weighted by Gasteiger charge is 2.06. The zero-order valence-electron chi connectivity index (χ0n) is 9.01. The van der Waals surface area contributed by atoms with Crippen molar-refractivity contribution < 1.29 is 19.7 Å². The van der Waals surface area contributed by atoms with Crippen LogP contribution >= 0.6 is 0 Å². The Morgan fingerprint density at radius 3 is 2.81 bits per heavy atom. The van der Waals surface area contributed by atoms with Crippen LogP contribution in [0.1, 0.15) is 11.1 Å². The Balaban J connectivity index is 3.05. The van der Waals surface area contributed by atoms with Gasteiger partial charge in [-0.2, -0.15) is 0 Å². The van der Waals surface area contributed by atoms with Crippen molar-refractivity contribution in [1.29, 1.82) is 0 Å². The smallest absolute Gasteiger partial charge is 0.307 e. The molecule has 0 atom stereocenters. The molecule has 0 unspecified atom stereocenters. The van der Waals surface area contributed by atoms with Gasteiger partial charge in [0.15, 0.2) is 0 Å². The summed E-state index contributed by atoms with van der Waals surface area (Å²) in [5.74, 6) is -0.226. The molecule has 1 aromatic rings. The van der Waals surface area contributed by atoms with Gasteiger partial charge in [0, 0.05) is 0 Å². The number of carboxylic acid groups (broad SMARTS) is 1. The third-order valence-electron chi connectivity index (χ3n) is 2.10. The maximum absolute atomic E-state index is 10.6. The van der Waals surface area contributed by atoms with E-state index in [1.165, 1.54) is 0 Å². The maximum Gasteiger partial charge on any atom is 0.307 e. The van der Waals surface area contributed by atoms with E-state index in [4.69, 9.17) is 14.9 Å². The van der Waals surface area contributed by atoms with Crippen molar-refractivity contribution in [2.24, 2.45) is 0 Å². The molecule has 16 heavy (non-hydrogen) atoms. The summed E-state index contributed by atoms with van der Waals surface area (Å²) < 4.78 is 5.05. The molecule has 0 aliphatic rings. The summed E-state index contributed by atoms with van der Waals surface area (Å²) in [4.78, 5) is 10.6. The Morgan fingerprint density at radius 1 is 1.50 bits per heavy atom. The minimum absolute atomic E-state index is 0.0465. The number of hydrogen-bond donors (Lipinski definition) is 2. The first-order chi connectivity index (χ1) is 7.67. The van der Waals surface area contributed by atoms with Crippen molar-refractivity contribution >= 4 is 12.0 Å². The van der Waals surface area contributed by atoms with Gasteiger partial charge in [-0.1, -0.05) is 18.2 Å². The summed E-state index contributed by atoms with van der Waals surface area (Å²) in [6, 6.07) is 5.17. The van der Waals surface area contributed by atoms with Crippen molar-refractivity contribution in [3.8, 4) is 5.75 Å². The van der Waals surface area contributed by atoms with E-state index in [0.29, 0.717) is 11.3 Å². The molecule has 2 N–H and O–H groups in total. The summed E-state index contributed by atoms with van der Waals surface area (Å²) in [5, 5.41) is 17.4. The topological polar surface area (TPSA) is 66.8 Å². The summed E-state index contributed by atoms with van der Waals surface area (Å²) in [6.07, 6.45) is 3.19. The molecule has 0 bridgehead atoms. The molecule has 0 saturated heterocycles. The van der Waals surface area contributed by atoms with E-state index in [0.717, 1.165) is 5.56 Å². The normalized spacial score (nSPS) is 10.6. The lowest BCUT2D eigenvalue weighted by Gasteiger charge is -2.06. The third-order valence-corrected chi connectivity index (χ3v) is 2.10. The number of carbonyl (C=O) groups is 1. The number of aliphatic carboxylic acids is 1. The Bertz CT molecular complexity index is 396. The van der Waals surface area contributed by atoms with Gasteiger partial charge in [0.1, 0.15) is 5.75 Å². The minimum atomic E-state index is -0.885. The molecule has 4 heteroatoms. The summed E-state index contributed by atoms with van der Waals surface area (Å²) in [6.45, 7) is -0.0796. The first-order valence-electron chi connectivity index (χ1n) is 4.83. The fraction of sp³-hybridized carbons (Fsp3) is 0.250. The van der Waals surface area contributed by atoms with Gasteiger partial charge in [0.2, 0.25) is 0 Å². The van der Waals surface area contributed by atoms with Gasteiger partial charge in [-0.05, 0) is 23.3 Å². The highest BCUT2D eigenvalue weighted by Crippen LogP contribution is 2.19. The Hall–Kier alpha value is -1.81. The van der Waals surface area contributed by atoms with Crippen LogP contribution in [0.4, 0.5) is 0 Å². The molecular weight excluding hydrogens is 208 g/mol. The van der Waals surface area contributed by atoms with E-state index in [9.17, 15) is 4.79 Å². The lowest BCUT2D eigenvalue weighted by molar-refractivity contribution is -0.136. The maximum atomic E-state index is 10.6. The highest BCUT2D eigenvalue weighted by molar-refractivity contribution is 5.73. The largest absolute Gasteiger partial charge is 0.497 e. The SMILES string of the molecule is COc1ccc(CC(=O)O)c(C=CCO)c1. The van der Waals surface area contributed by atoms with Crippen LogP contribution in [0, 0.1) is 0 Å². The van der Waals surface area contributed by atoms with Gasteiger partial charge in [-0.3, -0.25) is 4.79 Å². The first kappa shape index (κ1) is 12.3. The van der Waals surface area contributed by atoms with Crippen molar-refractivity contribution in [2.45, 2.75) is 6.42 Å². The van der Waals surface area contributed by atoms with Gasteiger partial charge < -0.3 is 14.9 Å². The predicted octanol–water partition coefficient (Wildman–Crippen LogP) is 1.33. The molecule has 0 aromatic heterocycles. The third kappa shape index (κ3) is 3.40. The van der Waals surface area contributed by atoms with Crippen molar-refractivity contribution in [1.82, 2.24) is 0 Å². The lowest BCUT2D eigenvalue weighted by atomic mass is 10.0. The van der Waals surface area contributed by atoms with Crippen LogP contribution in [-0.2, 0) is 11.2 Å². The van der Waals surface area contributed by atoms with E-state index in [1.807, 2.05) is 0 Å². The molecule has 0 aliphatic carbocycles. The summed E-state index contributed by atoms with van der Waals surface area (Å²) in [7, 11) is 1.55. The molecule has 0 fully saturated rings. The molecule has 1 aromatic carbocycles. The number of ether oxygens (including phenoxy) is 1. The van der Waals surface area contributed by atoms with E-state index in [-0.39, 0.29) is 13.0 Å². The van der Waals surface area contributed by atoms with Crippen LogP contribution in [0.15, 0.2) is 24.3 Å². The molecule has 86 valence electrons. The Labute approximate surface area is 93.8 Å². The zero-order valence-corrected chi connectivity index (χ0v) is 9.01. The van der Waals surface area contributed by atoms with Gasteiger partial charge in [0.05, 0.1) is 20.1 Å². The molecule has 0 saturated carbocycles. The molecule has 0 aliphatic heterocycles. The summed E-state index contributed by atoms with van der Waals surface area (Å²) >= 11 is 0. The Morgan fingerprint density at radius 2 is 2.25 bits per heavy atom. The van der Waals surface area contributed by atoms with Crippen molar-refractivity contribution in [2.75, 3.05) is 13.7 Å². The van der Waals surface area contributed by atoms with E-state index in [2.05, 4.69) is 0 Å². The predicted molar refractivity (Wildman–Crippen MR) is 60.5 cm³/mol. The second-order valence-corrected chi connectivity index (χ2v) is 3.22. The number of methoxy groups -OCH3 is 1. The lowest BCUT2D eigenvalue weighted by Crippen LogP contribution is -2.02. The number of aliphatic hydroxyl groups is 1.